The number of likely N-dealkylation sites (tertiary alicyclic amines) is 1. The number of carbonyl (C=O) groups excluding carboxylic acids is 1. The van der Waals surface area contributed by atoms with Gasteiger partial charge >= 0.3 is 0 Å². The third kappa shape index (κ3) is 5.61. The van der Waals surface area contributed by atoms with E-state index in [1.54, 1.807) is 6.26 Å². The number of furan rings is 1. The number of nitrogens with zero attached hydrogens (tertiary/aromatic N) is 1. The minimum Gasteiger partial charge on any atom is -0.491 e. The van der Waals surface area contributed by atoms with Gasteiger partial charge in [-0.15, -0.1) is 0 Å². The minimum absolute atomic E-state index is 0.00472. The predicted octanol–water partition coefficient (Wildman–Crippen LogP) is 2.05. The van der Waals surface area contributed by atoms with Crippen LogP contribution in [0, 0.1) is 5.92 Å². The van der Waals surface area contributed by atoms with Gasteiger partial charge in [0.1, 0.15) is 24.2 Å². The average molecular weight is 358 g/mol. The number of aliphatic hydroxyl groups excluding tert-OH is 1. The Labute approximate surface area is 153 Å². The lowest BCUT2D eigenvalue weighted by Crippen LogP contribution is -2.43. The molecule has 1 aromatic heterocycles. The molecule has 1 atom stereocenters. The summed E-state index contributed by atoms with van der Waals surface area (Å²) >= 11 is 0. The van der Waals surface area contributed by atoms with Crippen LogP contribution in [0.5, 0.6) is 5.75 Å². The Morgan fingerprint density at radius 2 is 2.00 bits per heavy atom. The first kappa shape index (κ1) is 18.5. The molecule has 0 bridgehead atoms. The van der Waals surface area contributed by atoms with Crippen LogP contribution >= 0.6 is 0 Å². The van der Waals surface area contributed by atoms with Crippen LogP contribution < -0.4 is 10.1 Å². The summed E-state index contributed by atoms with van der Waals surface area (Å²) in [6.45, 7) is 2.90. The highest BCUT2D eigenvalue weighted by Crippen LogP contribution is 2.19. The molecule has 6 heteroatoms. The van der Waals surface area contributed by atoms with E-state index < -0.39 is 6.10 Å². The van der Waals surface area contributed by atoms with Crippen LogP contribution in [0.1, 0.15) is 18.6 Å². The molecule has 1 saturated heterocycles. The molecule has 1 fully saturated rings. The predicted molar refractivity (Wildman–Crippen MR) is 97.7 cm³/mol. The SMILES string of the molecule is O=C(NC[C@H](O)COc1ccccc1)C1CCN(Cc2ccco2)CC1. The van der Waals surface area contributed by atoms with Gasteiger partial charge in [-0.2, -0.15) is 0 Å². The summed E-state index contributed by atoms with van der Waals surface area (Å²) < 4.78 is 10.9. The van der Waals surface area contributed by atoms with Crippen LogP contribution in [0.15, 0.2) is 53.1 Å². The minimum atomic E-state index is -0.724. The zero-order valence-electron chi connectivity index (χ0n) is 14.8. The number of rotatable bonds is 8. The molecule has 0 unspecified atom stereocenters. The molecule has 26 heavy (non-hydrogen) atoms. The van der Waals surface area contributed by atoms with Gasteiger partial charge in [0.05, 0.1) is 12.8 Å². The third-order valence-corrected chi connectivity index (χ3v) is 4.62. The molecule has 140 valence electrons. The highest BCUT2D eigenvalue weighted by molar-refractivity contribution is 5.78. The Kier molecular flexibility index (Phi) is 6.68. The standard InChI is InChI=1S/C20H26N2O4/c23-17(15-26-18-5-2-1-3-6-18)13-21-20(24)16-8-10-22(11-9-16)14-19-7-4-12-25-19/h1-7,12,16-17,23H,8-11,13-15H2,(H,21,24)/t17-/m0/s1. The number of carbonyl (C=O) groups is 1. The summed E-state index contributed by atoms with van der Waals surface area (Å²) in [6, 6.07) is 13.2. The smallest absolute Gasteiger partial charge is 0.223 e. The maximum absolute atomic E-state index is 12.3. The fraction of sp³-hybridized carbons (Fsp3) is 0.450. The average Bonchev–Trinajstić information content (AvgIpc) is 3.19. The van der Waals surface area contributed by atoms with Gasteiger partial charge in [0.2, 0.25) is 5.91 Å². The van der Waals surface area contributed by atoms with Crippen molar-refractivity contribution in [2.24, 2.45) is 5.92 Å². The number of hydrogen-bond acceptors (Lipinski definition) is 5. The molecule has 1 aliphatic rings. The number of ether oxygens (including phenoxy) is 1. The summed E-state index contributed by atoms with van der Waals surface area (Å²) in [5, 5.41) is 12.8. The molecule has 1 aromatic carbocycles. The lowest BCUT2D eigenvalue weighted by molar-refractivity contribution is -0.127. The lowest BCUT2D eigenvalue weighted by Gasteiger charge is -2.30. The summed E-state index contributed by atoms with van der Waals surface area (Å²) in [5.74, 6) is 1.68. The third-order valence-electron chi connectivity index (χ3n) is 4.62. The number of aliphatic hydroxyl groups is 1. The van der Waals surface area contributed by atoms with Crippen LogP contribution in [-0.4, -0.2) is 48.3 Å². The number of piperidine rings is 1. The van der Waals surface area contributed by atoms with Crippen molar-refractivity contribution in [2.75, 3.05) is 26.2 Å². The molecule has 0 spiro atoms. The van der Waals surface area contributed by atoms with Gasteiger partial charge in [0.25, 0.3) is 0 Å². The van der Waals surface area contributed by atoms with E-state index in [0.29, 0.717) is 5.75 Å². The van der Waals surface area contributed by atoms with Gasteiger partial charge in [-0.1, -0.05) is 18.2 Å². The van der Waals surface area contributed by atoms with Crippen molar-refractivity contribution in [2.45, 2.75) is 25.5 Å². The van der Waals surface area contributed by atoms with Gasteiger partial charge in [0, 0.05) is 12.5 Å². The summed E-state index contributed by atoms with van der Waals surface area (Å²) in [7, 11) is 0. The Morgan fingerprint density at radius 3 is 2.69 bits per heavy atom. The summed E-state index contributed by atoms with van der Waals surface area (Å²) in [5.41, 5.74) is 0. The quantitative estimate of drug-likeness (QED) is 0.755. The topological polar surface area (TPSA) is 74.9 Å². The first-order chi connectivity index (χ1) is 12.7. The number of hydrogen-bond donors (Lipinski definition) is 2. The first-order valence-electron chi connectivity index (χ1n) is 9.09. The molecule has 2 N–H and O–H groups in total. The Morgan fingerprint density at radius 1 is 1.23 bits per heavy atom. The van der Waals surface area contributed by atoms with Crippen molar-refractivity contribution < 1.29 is 19.1 Å². The largest absolute Gasteiger partial charge is 0.491 e. The van der Waals surface area contributed by atoms with Gasteiger partial charge < -0.3 is 19.6 Å². The molecule has 0 aliphatic carbocycles. The Balaban J connectivity index is 1.32. The molecule has 3 rings (SSSR count). The number of para-hydroxylation sites is 1. The molecule has 0 saturated carbocycles. The molecule has 2 aromatic rings. The van der Waals surface area contributed by atoms with Crippen molar-refractivity contribution in [1.29, 1.82) is 0 Å². The molecule has 1 aliphatic heterocycles. The normalized spacial score (nSPS) is 17.0. The fourth-order valence-corrected chi connectivity index (χ4v) is 3.11. The van der Waals surface area contributed by atoms with E-state index in [1.165, 1.54) is 0 Å². The highest BCUT2D eigenvalue weighted by Gasteiger charge is 2.25. The molecular formula is C20H26N2O4. The van der Waals surface area contributed by atoms with Gasteiger partial charge in [-0.3, -0.25) is 9.69 Å². The summed E-state index contributed by atoms with van der Waals surface area (Å²) in [6.07, 6.45) is 2.60. The van der Waals surface area contributed by atoms with E-state index >= 15 is 0 Å². The Hall–Kier alpha value is -2.31. The number of benzene rings is 1. The number of nitrogens with one attached hydrogen (secondary N) is 1. The maximum atomic E-state index is 12.3. The van der Waals surface area contributed by atoms with Crippen LogP contribution in [-0.2, 0) is 11.3 Å². The molecule has 2 heterocycles. The molecule has 1 amide bonds. The maximum Gasteiger partial charge on any atom is 0.223 e. The van der Waals surface area contributed by atoms with Crippen LogP contribution in [0.25, 0.3) is 0 Å². The van der Waals surface area contributed by atoms with E-state index in [4.69, 9.17) is 9.15 Å². The van der Waals surface area contributed by atoms with Crippen molar-refractivity contribution in [3.05, 3.63) is 54.5 Å². The monoisotopic (exact) mass is 358 g/mol. The zero-order valence-corrected chi connectivity index (χ0v) is 14.8. The van der Waals surface area contributed by atoms with E-state index in [9.17, 15) is 9.90 Å². The molecule has 6 nitrogen and oxygen atoms in total. The lowest BCUT2D eigenvalue weighted by atomic mass is 9.96. The van der Waals surface area contributed by atoms with Crippen LogP contribution in [0.2, 0.25) is 0 Å². The van der Waals surface area contributed by atoms with Crippen LogP contribution in [0.3, 0.4) is 0 Å². The van der Waals surface area contributed by atoms with E-state index in [2.05, 4.69) is 10.2 Å². The second kappa shape index (κ2) is 9.40. The van der Waals surface area contributed by atoms with Gasteiger partial charge in [-0.05, 0) is 50.2 Å². The van der Waals surface area contributed by atoms with Crippen molar-refractivity contribution in [3.63, 3.8) is 0 Å². The van der Waals surface area contributed by atoms with Crippen LogP contribution in [0.4, 0.5) is 0 Å². The number of amides is 1. The van der Waals surface area contributed by atoms with E-state index in [-0.39, 0.29) is 25.0 Å². The summed E-state index contributed by atoms with van der Waals surface area (Å²) in [4.78, 5) is 14.6. The van der Waals surface area contributed by atoms with Gasteiger partial charge in [-0.25, -0.2) is 0 Å². The van der Waals surface area contributed by atoms with Crippen molar-refractivity contribution in [1.82, 2.24) is 10.2 Å². The fourth-order valence-electron chi connectivity index (χ4n) is 3.11. The van der Waals surface area contributed by atoms with E-state index in [1.807, 2.05) is 42.5 Å². The molecular weight excluding hydrogens is 332 g/mol. The molecule has 0 radical (unpaired) electrons. The van der Waals surface area contributed by atoms with Crippen molar-refractivity contribution in [3.8, 4) is 5.75 Å². The Bertz CT molecular complexity index is 652. The van der Waals surface area contributed by atoms with Crippen molar-refractivity contribution >= 4 is 5.91 Å². The van der Waals surface area contributed by atoms with Gasteiger partial charge in [0.15, 0.2) is 0 Å². The highest BCUT2D eigenvalue weighted by atomic mass is 16.5. The first-order valence-corrected chi connectivity index (χ1v) is 9.09. The van der Waals surface area contributed by atoms with E-state index in [0.717, 1.165) is 38.2 Å². The second-order valence-corrected chi connectivity index (χ2v) is 6.65. The second-order valence-electron chi connectivity index (χ2n) is 6.65. The zero-order chi connectivity index (χ0) is 18.2.